The van der Waals surface area contributed by atoms with Gasteiger partial charge >= 0.3 is 0 Å². The van der Waals surface area contributed by atoms with E-state index in [9.17, 15) is 15.2 Å². The molecule has 1 aromatic carbocycles. The predicted molar refractivity (Wildman–Crippen MR) is 54.0 cm³/mol. The Morgan fingerprint density at radius 3 is 2.81 bits per heavy atom. The van der Waals surface area contributed by atoms with E-state index < -0.39 is 6.23 Å². The van der Waals surface area contributed by atoms with Crippen molar-refractivity contribution in [3.05, 3.63) is 46.3 Å². The lowest BCUT2D eigenvalue weighted by molar-refractivity contribution is -0.465. The first kappa shape index (κ1) is 10.6. The molecule has 0 aliphatic heterocycles. The van der Waals surface area contributed by atoms with Crippen molar-refractivity contribution < 1.29 is 14.7 Å². The van der Waals surface area contributed by atoms with Crippen LogP contribution in [0.5, 0.6) is 0 Å². The SMILES string of the molecule is O=[n+]1cc(C(O)NO)n([O-])c2ccccc21. The van der Waals surface area contributed by atoms with E-state index in [4.69, 9.17) is 5.21 Å². The van der Waals surface area contributed by atoms with Gasteiger partial charge in [-0.25, -0.2) is 0 Å². The van der Waals surface area contributed by atoms with Crippen molar-refractivity contribution in [1.29, 1.82) is 0 Å². The van der Waals surface area contributed by atoms with E-state index in [2.05, 4.69) is 0 Å². The first-order valence-corrected chi connectivity index (χ1v) is 4.47. The quantitative estimate of drug-likeness (QED) is 0.374. The first-order valence-electron chi connectivity index (χ1n) is 4.47. The number of hydrogen-bond donors (Lipinski definition) is 3. The Balaban J connectivity index is 2.80. The number of nitrogens with one attached hydrogen (secondary N) is 1. The standard InChI is InChI=1S/C9H9N3O4/c13-9(10-14)8-5-11(15)6-3-1-2-4-7(6)12(8)16/h1-5,9-10,13-14H. The number of rotatable bonds is 2. The van der Waals surface area contributed by atoms with Crippen LogP contribution in [0.2, 0.25) is 0 Å². The highest BCUT2D eigenvalue weighted by molar-refractivity contribution is 5.71. The minimum absolute atomic E-state index is 0.115. The molecule has 7 nitrogen and oxygen atoms in total. The molecule has 0 aliphatic rings. The number of benzene rings is 1. The van der Waals surface area contributed by atoms with Gasteiger partial charge in [0.05, 0.1) is 4.43 Å². The van der Waals surface area contributed by atoms with Gasteiger partial charge in [0.15, 0.2) is 6.23 Å². The van der Waals surface area contributed by atoms with Crippen molar-refractivity contribution in [3.63, 3.8) is 0 Å². The summed E-state index contributed by atoms with van der Waals surface area (Å²) in [5.41, 5.74) is 1.52. The molecular weight excluding hydrogens is 214 g/mol. The molecule has 0 fully saturated rings. The van der Waals surface area contributed by atoms with Crippen molar-refractivity contribution in [2.24, 2.45) is 0 Å². The smallest absolute Gasteiger partial charge is 0.285 e. The van der Waals surface area contributed by atoms with E-state index in [0.29, 0.717) is 9.16 Å². The maximum Gasteiger partial charge on any atom is 0.285 e. The van der Waals surface area contributed by atoms with Crippen LogP contribution in [-0.4, -0.2) is 15.0 Å². The number of fused-ring (bicyclic) bond motifs is 1. The van der Waals surface area contributed by atoms with Gasteiger partial charge in [0, 0.05) is 11.0 Å². The molecule has 0 saturated heterocycles. The van der Waals surface area contributed by atoms with Crippen LogP contribution in [0, 0.1) is 10.1 Å². The van der Waals surface area contributed by atoms with Crippen molar-refractivity contribution in [3.8, 4) is 0 Å². The summed E-state index contributed by atoms with van der Waals surface area (Å²) in [5.74, 6) is 0. The largest absolute Gasteiger partial charge is 0.805 e. The highest BCUT2D eigenvalue weighted by Gasteiger charge is 2.16. The predicted octanol–water partition coefficient (Wildman–Crippen LogP) is -0.129. The Hall–Kier alpha value is -1.96. The zero-order chi connectivity index (χ0) is 11.7. The van der Waals surface area contributed by atoms with Crippen LogP contribution < -0.4 is 9.91 Å². The average Bonchev–Trinajstić information content (AvgIpc) is 2.33. The van der Waals surface area contributed by atoms with Gasteiger partial charge in [-0.1, -0.05) is 12.1 Å². The highest BCUT2D eigenvalue weighted by atomic mass is 16.5. The number of aliphatic hydroxyl groups excluding tert-OH is 1. The average molecular weight is 223 g/mol. The molecule has 0 bridgehead atoms. The molecule has 2 rings (SSSR count). The number of para-hydroxylation sites is 2. The highest BCUT2D eigenvalue weighted by Crippen LogP contribution is 2.14. The molecule has 1 aromatic heterocycles. The molecule has 84 valence electrons. The maximum absolute atomic E-state index is 11.7. The molecule has 1 heterocycles. The lowest BCUT2D eigenvalue weighted by Gasteiger charge is -2.19. The number of aliphatic hydroxyl groups is 1. The molecule has 2 aromatic rings. The van der Waals surface area contributed by atoms with Gasteiger partial charge in [-0.05, 0) is 6.07 Å². The van der Waals surface area contributed by atoms with Crippen molar-refractivity contribution in [2.75, 3.05) is 0 Å². The van der Waals surface area contributed by atoms with Gasteiger partial charge in [0.25, 0.3) is 11.7 Å². The third kappa shape index (κ3) is 1.52. The second kappa shape index (κ2) is 3.89. The Morgan fingerprint density at radius 2 is 2.12 bits per heavy atom. The minimum Gasteiger partial charge on any atom is -0.805 e. The first-order chi connectivity index (χ1) is 7.65. The van der Waals surface area contributed by atoms with E-state index in [1.807, 2.05) is 0 Å². The third-order valence-electron chi connectivity index (χ3n) is 2.22. The molecule has 7 heteroatoms. The molecule has 1 unspecified atom stereocenters. The second-order valence-electron chi connectivity index (χ2n) is 3.19. The number of hydroxylamine groups is 1. The van der Waals surface area contributed by atoms with Gasteiger partial charge in [-0.3, -0.25) is 0 Å². The molecular formula is C9H9N3O4. The number of nitrogens with zero attached hydrogens (tertiary/aromatic N) is 2. The van der Waals surface area contributed by atoms with Crippen molar-refractivity contribution in [1.82, 2.24) is 10.2 Å². The van der Waals surface area contributed by atoms with Gasteiger partial charge in [-0.2, -0.15) is 5.48 Å². The second-order valence-corrected chi connectivity index (χ2v) is 3.19. The van der Waals surface area contributed by atoms with Crippen LogP contribution in [-0.2, 0) is 0 Å². The van der Waals surface area contributed by atoms with E-state index in [-0.39, 0.29) is 16.7 Å². The van der Waals surface area contributed by atoms with Crippen LogP contribution in [0.25, 0.3) is 11.0 Å². The van der Waals surface area contributed by atoms with Crippen molar-refractivity contribution >= 4 is 11.0 Å². The lowest BCUT2D eigenvalue weighted by Crippen LogP contribution is -2.26. The molecule has 16 heavy (non-hydrogen) atoms. The third-order valence-corrected chi connectivity index (χ3v) is 2.22. The summed E-state index contributed by atoms with van der Waals surface area (Å²) in [7, 11) is 0. The van der Waals surface area contributed by atoms with E-state index in [1.165, 1.54) is 17.6 Å². The monoisotopic (exact) mass is 223 g/mol. The summed E-state index contributed by atoms with van der Waals surface area (Å²) < 4.78 is 0.844. The molecule has 0 saturated carbocycles. The Kier molecular flexibility index (Phi) is 2.57. The summed E-state index contributed by atoms with van der Waals surface area (Å²) in [4.78, 5) is 11.5. The van der Waals surface area contributed by atoms with Crippen LogP contribution >= 0.6 is 0 Å². The normalized spacial score (nSPS) is 12.9. The summed E-state index contributed by atoms with van der Waals surface area (Å²) in [6.07, 6.45) is -0.703. The summed E-state index contributed by atoms with van der Waals surface area (Å²) in [5, 5.41) is 29.5. The molecule has 3 N–H and O–H groups in total. The molecule has 0 radical (unpaired) electrons. The molecule has 0 spiro atoms. The van der Waals surface area contributed by atoms with E-state index >= 15 is 0 Å². The zero-order valence-electron chi connectivity index (χ0n) is 8.07. The Labute approximate surface area is 89.3 Å². The van der Waals surface area contributed by atoms with Gasteiger partial charge in [-0.15, -0.1) is 0 Å². The van der Waals surface area contributed by atoms with E-state index in [1.54, 1.807) is 12.1 Å². The van der Waals surface area contributed by atoms with Crippen LogP contribution in [0.1, 0.15) is 11.9 Å². The van der Waals surface area contributed by atoms with Gasteiger partial charge in [0.2, 0.25) is 0 Å². The lowest BCUT2D eigenvalue weighted by atomic mass is 10.3. The molecule has 1 atom stereocenters. The maximum atomic E-state index is 11.7. The Bertz CT molecular complexity index is 580. The zero-order valence-corrected chi connectivity index (χ0v) is 8.07. The summed E-state index contributed by atoms with van der Waals surface area (Å²) >= 11 is 0. The van der Waals surface area contributed by atoms with Crippen molar-refractivity contribution in [2.45, 2.75) is 6.23 Å². The number of hydrogen-bond acceptors (Lipinski definition) is 5. The topological polar surface area (TPSA) is 103 Å². The fourth-order valence-corrected chi connectivity index (χ4v) is 1.45. The number of aromatic nitrogens is 2. The van der Waals surface area contributed by atoms with Gasteiger partial charge < -0.3 is 20.3 Å². The minimum atomic E-state index is -1.61. The van der Waals surface area contributed by atoms with Crippen LogP contribution in [0.3, 0.4) is 0 Å². The summed E-state index contributed by atoms with van der Waals surface area (Å²) in [6, 6.07) is 6.15. The molecule has 0 amide bonds. The van der Waals surface area contributed by atoms with Crippen LogP contribution in [0.15, 0.2) is 30.5 Å². The fraction of sp³-hybridized carbons (Fsp3) is 0.111. The fourth-order valence-electron chi connectivity index (χ4n) is 1.45. The van der Waals surface area contributed by atoms with Crippen LogP contribution in [0.4, 0.5) is 0 Å². The summed E-state index contributed by atoms with van der Waals surface area (Å²) in [6.45, 7) is 0. The molecule has 0 aliphatic carbocycles. The van der Waals surface area contributed by atoms with Gasteiger partial charge in [0.1, 0.15) is 11.2 Å². The Morgan fingerprint density at radius 1 is 1.44 bits per heavy atom. The van der Waals surface area contributed by atoms with E-state index in [0.717, 1.165) is 6.20 Å².